The minimum absolute atomic E-state index is 0.169. The molecule has 9 nitrogen and oxygen atoms in total. The van der Waals surface area contributed by atoms with E-state index in [1.54, 1.807) is 10.6 Å². The summed E-state index contributed by atoms with van der Waals surface area (Å²) in [6.45, 7) is 3.97. The Labute approximate surface area is 185 Å². The van der Waals surface area contributed by atoms with Crippen molar-refractivity contribution >= 4 is 11.6 Å². The van der Waals surface area contributed by atoms with Crippen molar-refractivity contribution in [3.05, 3.63) is 62.3 Å². The molecule has 1 N–H and O–H groups in total. The lowest BCUT2D eigenvalue weighted by atomic mass is 10.1. The summed E-state index contributed by atoms with van der Waals surface area (Å²) in [5.74, 6) is 0.147. The van der Waals surface area contributed by atoms with Crippen molar-refractivity contribution < 1.29 is 9.32 Å². The van der Waals surface area contributed by atoms with Gasteiger partial charge in [-0.05, 0) is 37.3 Å². The van der Waals surface area contributed by atoms with Gasteiger partial charge in [-0.25, -0.2) is 4.79 Å². The minimum Gasteiger partial charge on any atom is -0.339 e. The predicted octanol–water partition coefficient (Wildman–Crippen LogP) is 2.55. The number of carbonyl (C=O) groups excluding carboxylic acids is 1. The van der Waals surface area contributed by atoms with E-state index in [0.29, 0.717) is 36.7 Å². The summed E-state index contributed by atoms with van der Waals surface area (Å²) in [6.07, 6.45) is 4.51. The van der Waals surface area contributed by atoms with E-state index in [2.05, 4.69) is 15.5 Å². The molecule has 0 saturated heterocycles. The van der Waals surface area contributed by atoms with Crippen molar-refractivity contribution in [3.8, 4) is 11.4 Å². The largest absolute Gasteiger partial charge is 0.339 e. The van der Waals surface area contributed by atoms with Gasteiger partial charge in [0.1, 0.15) is 12.1 Å². The van der Waals surface area contributed by atoms with Crippen LogP contribution in [0.5, 0.6) is 0 Å². The van der Waals surface area contributed by atoms with Crippen molar-refractivity contribution in [1.82, 2.24) is 19.3 Å². The molecule has 9 heteroatoms. The number of anilines is 1. The molecule has 0 radical (unpaired) electrons. The number of aromatic nitrogens is 4. The van der Waals surface area contributed by atoms with E-state index < -0.39 is 17.2 Å². The molecule has 0 atom stereocenters. The van der Waals surface area contributed by atoms with Gasteiger partial charge in [-0.15, -0.1) is 0 Å². The highest BCUT2D eigenvalue weighted by Crippen LogP contribution is 2.22. The van der Waals surface area contributed by atoms with Crippen LogP contribution in [-0.2, 0) is 37.1 Å². The van der Waals surface area contributed by atoms with Gasteiger partial charge in [0.05, 0.1) is 0 Å². The van der Waals surface area contributed by atoms with Crippen LogP contribution in [0.1, 0.15) is 50.3 Å². The fourth-order valence-electron chi connectivity index (χ4n) is 4.12. The molecule has 1 aliphatic heterocycles. The van der Waals surface area contributed by atoms with E-state index in [0.717, 1.165) is 35.8 Å². The topological polar surface area (TPSA) is 112 Å². The van der Waals surface area contributed by atoms with Gasteiger partial charge in [0.15, 0.2) is 0 Å². The highest BCUT2D eigenvalue weighted by molar-refractivity contribution is 5.91. The third-order valence-electron chi connectivity index (χ3n) is 5.80. The first-order valence-electron chi connectivity index (χ1n) is 11.1. The molecule has 1 aliphatic rings. The zero-order chi connectivity index (χ0) is 22.7. The quantitative estimate of drug-likeness (QED) is 0.634. The van der Waals surface area contributed by atoms with Crippen LogP contribution in [0, 0.1) is 0 Å². The average Bonchev–Trinajstić information content (AvgIpc) is 3.14. The molecule has 0 unspecified atom stereocenters. The maximum atomic E-state index is 13.4. The molecule has 4 rings (SSSR count). The van der Waals surface area contributed by atoms with Gasteiger partial charge < -0.3 is 9.84 Å². The summed E-state index contributed by atoms with van der Waals surface area (Å²) in [6, 6.07) is 7.47. The summed E-state index contributed by atoms with van der Waals surface area (Å²) in [5.41, 5.74) is 1.48. The SMILES string of the molecule is CCc1nc(-c2c3n(c(=O)n(CC(=O)Nc4ccccc4CC)c2=O)CCCCC3)no1. The molecule has 0 aliphatic carbocycles. The van der Waals surface area contributed by atoms with E-state index >= 15 is 0 Å². The molecule has 3 heterocycles. The van der Waals surface area contributed by atoms with Crippen molar-refractivity contribution in [1.29, 1.82) is 0 Å². The maximum Gasteiger partial charge on any atom is 0.331 e. The number of hydrogen-bond donors (Lipinski definition) is 1. The normalized spacial score (nSPS) is 13.4. The van der Waals surface area contributed by atoms with Crippen molar-refractivity contribution in [3.63, 3.8) is 0 Å². The number of para-hydroxylation sites is 1. The first-order valence-corrected chi connectivity index (χ1v) is 11.1. The number of rotatable bonds is 6. The number of aryl methyl sites for hydroxylation is 2. The second-order valence-corrected chi connectivity index (χ2v) is 7.88. The number of benzene rings is 1. The van der Waals surface area contributed by atoms with Crippen LogP contribution in [0.4, 0.5) is 5.69 Å². The Hall–Kier alpha value is -3.49. The fourth-order valence-corrected chi connectivity index (χ4v) is 4.12. The molecule has 3 aromatic rings. The maximum absolute atomic E-state index is 13.4. The summed E-state index contributed by atoms with van der Waals surface area (Å²) in [7, 11) is 0. The summed E-state index contributed by atoms with van der Waals surface area (Å²) in [5, 5.41) is 6.81. The second-order valence-electron chi connectivity index (χ2n) is 7.88. The summed E-state index contributed by atoms with van der Waals surface area (Å²) in [4.78, 5) is 43.8. The molecule has 0 spiro atoms. The van der Waals surface area contributed by atoms with E-state index in [4.69, 9.17) is 4.52 Å². The van der Waals surface area contributed by atoms with Crippen molar-refractivity contribution in [2.45, 2.75) is 65.5 Å². The van der Waals surface area contributed by atoms with Gasteiger partial charge in [-0.3, -0.25) is 18.7 Å². The molecule has 32 heavy (non-hydrogen) atoms. The Morgan fingerprint density at radius 1 is 1.12 bits per heavy atom. The lowest BCUT2D eigenvalue weighted by Crippen LogP contribution is -2.44. The molecule has 1 amide bonds. The third kappa shape index (κ3) is 4.15. The molecule has 0 fully saturated rings. The fraction of sp³-hybridized carbons (Fsp3) is 0.435. The van der Waals surface area contributed by atoms with E-state index in [1.165, 1.54) is 0 Å². The van der Waals surface area contributed by atoms with Crippen LogP contribution in [0.3, 0.4) is 0 Å². The third-order valence-corrected chi connectivity index (χ3v) is 5.80. The predicted molar refractivity (Wildman–Crippen MR) is 120 cm³/mol. The van der Waals surface area contributed by atoms with Crippen LogP contribution in [0.15, 0.2) is 38.4 Å². The van der Waals surface area contributed by atoms with Gasteiger partial charge in [0, 0.05) is 24.3 Å². The molecule has 0 bridgehead atoms. The van der Waals surface area contributed by atoms with Gasteiger partial charge in [-0.2, -0.15) is 4.98 Å². The lowest BCUT2D eigenvalue weighted by molar-refractivity contribution is -0.116. The first-order chi connectivity index (χ1) is 15.5. The Bertz CT molecular complexity index is 1250. The smallest absolute Gasteiger partial charge is 0.331 e. The van der Waals surface area contributed by atoms with Crippen molar-refractivity contribution in [2.75, 3.05) is 5.32 Å². The molecular formula is C23H27N5O4. The number of amides is 1. The molecular weight excluding hydrogens is 410 g/mol. The van der Waals surface area contributed by atoms with E-state index in [-0.39, 0.29) is 17.9 Å². The Morgan fingerprint density at radius 3 is 2.69 bits per heavy atom. The molecule has 2 aromatic heterocycles. The van der Waals surface area contributed by atoms with Crippen LogP contribution in [-0.4, -0.2) is 25.2 Å². The molecule has 168 valence electrons. The summed E-state index contributed by atoms with van der Waals surface area (Å²) >= 11 is 0. The Kier molecular flexibility index (Phi) is 6.34. The van der Waals surface area contributed by atoms with Crippen LogP contribution in [0.25, 0.3) is 11.4 Å². The number of hydrogen-bond acceptors (Lipinski definition) is 6. The minimum atomic E-state index is -0.564. The zero-order valence-electron chi connectivity index (χ0n) is 18.4. The molecule has 0 saturated carbocycles. The highest BCUT2D eigenvalue weighted by Gasteiger charge is 2.25. The van der Waals surface area contributed by atoms with Crippen LogP contribution in [0.2, 0.25) is 0 Å². The Morgan fingerprint density at radius 2 is 1.94 bits per heavy atom. The van der Waals surface area contributed by atoms with Crippen molar-refractivity contribution in [2.24, 2.45) is 0 Å². The van der Waals surface area contributed by atoms with E-state index in [9.17, 15) is 14.4 Å². The van der Waals surface area contributed by atoms with Gasteiger partial charge in [0.25, 0.3) is 5.56 Å². The number of fused-ring (bicyclic) bond motifs is 1. The average molecular weight is 438 g/mol. The number of nitrogens with zero attached hydrogens (tertiary/aromatic N) is 4. The van der Waals surface area contributed by atoms with E-state index in [1.807, 2.05) is 32.0 Å². The monoisotopic (exact) mass is 437 g/mol. The number of carbonyl (C=O) groups is 1. The highest BCUT2D eigenvalue weighted by atomic mass is 16.5. The first kappa shape index (κ1) is 21.7. The van der Waals surface area contributed by atoms with Gasteiger partial charge >= 0.3 is 5.69 Å². The van der Waals surface area contributed by atoms with Gasteiger partial charge in [0.2, 0.25) is 17.6 Å². The Balaban J connectivity index is 1.77. The van der Waals surface area contributed by atoms with Crippen LogP contribution >= 0.6 is 0 Å². The van der Waals surface area contributed by atoms with Gasteiger partial charge in [-0.1, -0.05) is 43.6 Å². The molecule has 1 aromatic carbocycles. The lowest BCUT2D eigenvalue weighted by Gasteiger charge is -2.16. The van der Waals surface area contributed by atoms with Crippen LogP contribution < -0.4 is 16.6 Å². The number of nitrogens with one attached hydrogen (secondary N) is 1. The standard InChI is InChI=1S/C23H27N5O4/c1-3-15-10-7-8-11-16(15)24-18(29)14-28-22(30)20(21-25-19(4-2)32-26-21)17-12-6-5-9-13-27(17)23(28)31/h7-8,10-11H,3-6,9,12-14H2,1-2H3,(H,24,29). The summed E-state index contributed by atoms with van der Waals surface area (Å²) < 4.78 is 7.80. The second kappa shape index (κ2) is 9.33. The zero-order valence-corrected chi connectivity index (χ0v) is 18.4.